The third-order valence-corrected chi connectivity index (χ3v) is 8.72. The second-order valence-electron chi connectivity index (χ2n) is 9.31. The maximum atomic E-state index is 13.5. The van der Waals surface area contributed by atoms with Gasteiger partial charge >= 0.3 is 6.18 Å². The van der Waals surface area contributed by atoms with Crippen molar-refractivity contribution < 1.29 is 31.1 Å². The summed E-state index contributed by atoms with van der Waals surface area (Å²) in [5.74, 6) is 1.12. The van der Waals surface area contributed by atoms with Gasteiger partial charge in [-0.15, -0.1) is 0 Å². The van der Waals surface area contributed by atoms with E-state index in [1.807, 2.05) is 6.07 Å². The number of H-pyrrole nitrogens is 1. The third kappa shape index (κ3) is 5.24. The zero-order chi connectivity index (χ0) is 27.9. The number of methoxy groups -OCH3 is 2. The lowest BCUT2D eigenvalue weighted by atomic mass is 10.0. The molecule has 4 aromatic rings. The average molecular weight is 559 g/mol. The van der Waals surface area contributed by atoms with E-state index in [2.05, 4.69) is 4.98 Å². The number of halogens is 3. The van der Waals surface area contributed by atoms with Crippen LogP contribution in [-0.2, 0) is 35.6 Å². The molecule has 39 heavy (non-hydrogen) atoms. The SMILES string of the molecule is COc1cc2c(cc1OC)CN(S(=O)(=O)c1ccc(Cc3ccc4[nH]c(=O)cc(C(F)(F)F)c4c3)cc1)CC2. The van der Waals surface area contributed by atoms with Crippen LogP contribution in [-0.4, -0.2) is 38.5 Å². The van der Waals surface area contributed by atoms with Crippen LogP contribution in [0, 0.1) is 0 Å². The van der Waals surface area contributed by atoms with Crippen LogP contribution in [0.2, 0.25) is 0 Å². The number of nitrogens with one attached hydrogen (secondary N) is 1. The Hall–Kier alpha value is -3.83. The molecule has 2 heterocycles. The maximum Gasteiger partial charge on any atom is 0.417 e. The number of pyridine rings is 1. The third-order valence-electron chi connectivity index (χ3n) is 6.87. The van der Waals surface area contributed by atoms with Crippen molar-refractivity contribution in [2.45, 2.75) is 30.5 Å². The summed E-state index contributed by atoms with van der Waals surface area (Å²) >= 11 is 0. The van der Waals surface area contributed by atoms with E-state index in [0.717, 1.165) is 16.7 Å². The van der Waals surface area contributed by atoms with Crippen LogP contribution in [0.1, 0.15) is 27.8 Å². The molecule has 0 aliphatic carbocycles. The van der Waals surface area contributed by atoms with Crippen LogP contribution in [0.15, 0.2) is 70.4 Å². The van der Waals surface area contributed by atoms with E-state index in [4.69, 9.17) is 9.47 Å². The number of ether oxygens (including phenoxy) is 2. The first kappa shape index (κ1) is 26.8. The minimum Gasteiger partial charge on any atom is -0.493 e. The van der Waals surface area contributed by atoms with Gasteiger partial charge in [-0.25, -0.2) is 8.42 Å². The highest BCUT2D eigenvalue weighted by molar-refractivity contribution is 7.89. The monoisotopic (exact) mass is 558 g/mol. The normalized spacial score (nSPS) is 14.3. The molecule has 1 N–H and O–H groups in total. The molecule has 1 aliphatic rings. The molecular formula is C28H25F3N2O5S. The lowest BCUT2D eigenvalue weighted by molar-refractivity contribution is -0.136. The Labute approximate surface area is 222 Å². The molecule has 1 aliphatic heterocycles. The molecule has 0 amide bonds. The first-order valence-electron chi connectivity index (χ1n) is 12.1. The highest BCUT2D eigenvalue weighted by Gasteiger charge is 2.33. The summed E-state index contributed by atoms with van der Waals surface area (Å²) < 4.78 is 79.4. The fraction of sp³-hybridized carbons (Fsp3) is 0.250. The summed E-state index contributed by atoms with van der Waals surface area (Å²) in [6.45, 7) is 0.508. The van der Waals surface area contributed by atoms with Crippen molar-refractivity contribution in [2.24, 2.45) is 0 Å². The van der Waals surface area contributed by atoms with Crippen LogP contribution in [0.5, 0.6) is 11.5 Å². The number of fused-ring (bicyclic) bond motifs is 2. The Morgan fingerprint density at radius 3 is 2.18 bits per heavy atom. The summed E-state index contributed by atoms with van der Waals surface area (Å²) in [6.07, 6.45) is -3.86. The van der Waals surface area contributed by atoms with Gasteiger partial charge in [-0.1, -0.05) is 18.2 Å². The first-order chi connectivity index (χ1) is 18.5. The second kappa shape index (κ2) is 10.0. The number of aromatic amines is 1. The Morgan fingerprint density at radius 2 is 1.54 bits per heavy atom. The zero-order valence-corrected chi connectivity index (χ0v) is 21.9. The summed E-state index contributed by atoms with van der Waals surface area (Å²) in [5.41, 5.74) is 1.44. The average Bonchev–Trinajstić information content (AvgIpc) is 2.91. The smallest absolute Gasteiger partial charge is 0.417 e. The molecule has 204 valence electrons. The van der Waals surface area contributed by atoms with Crippen molar-refractivity contribution in [2.75, 3.05) is 20.8 Å². The standard InChI is InChI=1S/C28H25F3N2O5S/c1-37-25-13-19-9-10-33(16-20(19)14-26(25)38-2)39(35,36)21-6-3-17(4-7-21)11-18-5-8-24-22(12-18)23(28(29,30)31)15-27(34)32-24/h3-8,12-15H,9-11,16H2,1-2H3,(H,32,34). The summed E-state index contributed by atoms with van der Waals surface area (Å²) in [7, 11) is -0.706. The van der Waals surface area contributed by atoms with Crippen LogP contribution >= 0.6 is 0 Å². The van der Waals surface area contributed by atoms with Gasteiger partial charge in [0, 0.05) is 30.1 Å². The van der Waals surface area contributed by atoms with Crippen molar-refractivity contribution in [1.29, 1.82) is 0 Å². The van der Waals surface area contributed by atoms with E-state index >= 15 is 0 Å². The Kier molecular flexibility index (Phi) is 6.90. The van der Waals surface area contributed by atoms with E-state index in [1.54, 1.807) is 31.4 Å². The van der Waals surface area contributed by atoms with E-state index in [9.17, 15) is 26.4 Å². The molecule has 0 saturated carbocycles. The zero-order valence-electron chi connectivity index (χ0n) is 21.1. The fourth-order valence-corrected chi connectivity index (χ4v) is 6.29. The minimum absolute atomic E-state index is 0.0965. The predicted octanol–water partition coefficient (Wildman–Crippen LogP) is 4.90. The summed E-state index contributed by atoms with van der Waals surface area (Å²) in [5, 5.41) is -0.0987. The van der Waals surface area contributed by atoms with Crippen molar-refractivity contribution in [1.82, 2.24) is 9.29 Å². The van der Waals surface area contributed by atoms with Gasteiger partial charge in [-0.3, -0.25) is 4.79 Å². The van der Waals surface area contributed by atoms with E-state index in [0.29, 0.717) is 36.1 Å². The van der Waals surface area contributed by atoms with Crippen molar-refractivity contribution in [3.05, 3.63) is 98.8 Å². The molecule has 5 rings (SSSR count). The van der Waals surface area contributed by atoms with E-state index < -0.39 is 27.3 Å². The molecule has 0 fully saturated rings. The van der Waals surface area contributed by atoms with Crippen molar-refractivity contribution >= 4 is 20.9 Å². The van der Waals surface area contributed by atoms with Gasteiger partial charge in [-0.05, 0) is 71.5 Å². The second-order valence-corrected chi connectivity index (χ2v) is 11.2. The van der Waals surface area contributed by atoms with Gasteiger partial charge in [-0.2, -0.15) is 17.5 Å². The fourth-order valence-electron chi connectivity index (χ4n) is 4.87. The maximum absolute atomic E-state index is 13.5. The molecule has 0 radical (unpaired) electrons. The Balaban J connectivity index is 1.37. The predicted molar refractivity (Wildman–Crippen MR) is 140 cm³/mol. The van der Waals surface area contributed by atoms with Crippen molar-refractivity contribution in [3.63, 3.8) is 0 Å². The minimum atomic E-state index is -4.67. The molecule has 7 nitrogen and oxygen atoms in total. The molecule has 0 unspecified atom stereocenters. The van der Waals surface area contributed by atoms with Crippen molar-refractivity contribution in [3.8, 4) is 11.5 Å². The van der Waals surface area contributed by atoms with Gasteiger partial charge < -0.3 is 14.5 Å². The van der Waals surface area contributed by atoms with E-state index in [-0.39, 0.29) is 28.8 Å². The number of alkyl halides is 3. The number of rotatable bonds is 6. The molecule has 0 spiro atoms. The molecule has 11 heteroatoms. The van der Waals surface area contributed by atoms with Crippen LogP contribution < -0.4 is 15.0 Å². The highest BCUT2D eigenvalue weighted by atomic mass is 32.2. The number of hydrogen-bond acceptors (Lipinski definition) is 5. The summed E-state index contributed by atoms with van der Waals surface area (Å²) in [4.78, 5) is 14.2. The van der Waals surface area contributed by atoms with Gasteiger partial charge in [0.25, 0.3) is 0 Å². The summed E-state index contributed by atoms with van der Waals surface area (Å²) in [6, 6.07) is 15.0. The number of aromatic nitrogens is 1. The quantitative estimate of drug-likeness (QED) is 0.364. The van der Waals surface area contributed by atoms with Crippen LogP contribution in [0.3, 0.4) is 0 Å². The number of nitrogens with zero attached hydrogens (tertiary/aromatic N) is 1. The number of sulfonamides is 1. The lowest BCUT2D eigenvalue weighted by Gasteiger charge is -2.29. The van der Waals surface area contributed by atoms with Gasteiger partial charge in [0.05, 0.1) is 24.7 Å². The van der Waals surface area contributed by atoms with E-state index in [1.165, 1.54) is 35.7 Å². The van der Waals surface area contributed by atoms with Crippen LogP contribution in [0.4, 0.5) is 13.2 Å². The first-order valence-corrected chi connectivity index (χ1v) is 13.5. The molecule has 0 bridgehead atoms. The molecule has 1 aromatic heterocycles. The van der Waals surface area contributed by atoms with Gasteiger partial charge in [0.15, 0.2) is 11.5 Å². The lowest BCUT2D eigenvalue weighted by Crippen LogP contribution is -2.36. The van der Waals surface area contributed by atoms with Crippen LogP contribution in [0.25, 0.3) is 10.9 Å². The topological polar surface area (TPSA) is 88.7 Å². The van der Waals surface area contributed by atoms with Gasteiger partial charge in [0.1, 0.15) is 0 Å². The highest BCUT2D eigenvalue weighted by Crippen LogP contribution is 2.35. The molecular weight excluding hydrogens is 533 g/mol. The molecule has 3 aromatic carbocycles. The van der Waals surface area contributed by atoms with Gasteiger partial charge in [0.2, 0.25) is 15.6 Å². The number of benzene rings is 3. The Morgan fingerprint density at radius 1 is 0.897 bits per heavy atom. The molecule has 0 atom stereocenters. The largest absolute Gasteiger partial charge is 0.493 e. The molecule has 0 saturated heterocycles. The Bertz CT molecular complexity index is 1710. The number of hydrogen-bond donors (Lipinski definition) is 1.